The highest BCUT2D eigenvalue weighted by Crippen LogP contribution is 2.34. The van der Waals surface area contributed by atoms with Gasteiger partial charge in [-0.3, -0.25) is 0 Å². The molecule has 0 saturated carbocycles. The fraction of sp³-hybridized carbons (Fsp3) is 0.250. The SMILES string of the molecule is COc1ccc(Br)c(CCl)c1Br. The maximum absolute atomic E-state index is 5.75. The summed E-state index contributed by atoms with van der Waals surface area (Å²) in [6.07, 6.45) is 0. The number of alkyl halides is 1. The van der Waals surface area contributed by atoms with Crippen molar-refractivity contribution in [2.24, 2.45) is 0 Å². The smallest absolute Gasteiger partial charge is 0.133 e. The van der Waals surface area contributed by atoms with Gasteiger partial charge in [0.1, 0.15) is 5.75 Å². The molecule has 1 rings (SSSR count). The van der Waals surface area contributed by atoms with Crippen molar-refractivity contribution in [2.75, 3.05) is 7.11 Å². The highest BCUT2D eigenvalue weighted by molar-refractivity contribution is 9.11. The summed E-state index contributed by atoms with van der Waals surface area (Å²) in [7, 11) is 1.63. The standard InChI is InChI=1S/C8H7Br2ClO/c1-12-7-3-2-6(9)5(4-11)8(7)10/h2-3H,4H2,1H3. The lowest BCUT2D eigenvalue weighted by Gasteiger charge is -2.08. The summed E-state index contributed by atoms with van der Waals surface area (Å²) in [6, 6.07) is 3.80. The van der Waals surface area contributed by atoms with Crippen molar-refractivity contribution in [2.45, 2.75) is 5.88 Å². The number of rotatable bonds is 2. The zero-order valence-electron chi connectivity index (χ0n) is 6.40. The molecule has 0 radical (unpaired) electrons. The summed E-state index contributed by atoms with van der Waals surface area (Å²) in [6.45, 7) is 0. The van der Waals surface area contributed by atoms with Gasteiger partial charge in [-0.15, -0.1) is 11.6 Å². The van der Waals surface area contributed by atoms with Crippen molar-refractivity contribution in [1.29, 1.82) is 0 Å². The molecule has 0 N–H and O–H groups in total. The van der Waals surface area contributed by atoms with Gasteiger partial charge in [-0.1, -0.05) is 15.9 Å². The van der Waals surface area contributed by atoms with E-state index in [0.29, 0.717) is 5.88 Å². The van der Waals surface area contributed by atoms with E-state index in [-0.39, 0.29) is 0 Å². The minimum Gasteiger partial charge on any atom is -0.496 e. The first-order valence-electron chi connectivity index (χ1n) is 3.27. The number of hydrogen-bond acceptors (Lipinski definition) is 1. The maximum atomic E-state index is 5.75. The lowest BCUT2D eigenvalue weighted by Crippen LogP contribution is -1.89. The van der Waals surface area contributed by atoms with Crippen LogP contribution in [0.15, 0.2) is 21.1 Å². The van der Waals surface area contributed by atoms with E-state index in [2.05, 4.69) is 31.9 Å². The molecule has 0 fully saturated rings. The molecule has 0 spiro atoms. The van der Waals surface area contributed by atoms with Crippen LogP contribution in [-0.4, -0.2) is 7.11 Å². The summed E-state index contributed by atoms with van der Waals surface area (Å²) >= 11 is 12.6. The Balaban J connectivity index is 3.24. The van der Waals surface area contributed by atoms with Crippen LogP contribution in [0.4, 0.5) is 0 Å². The average Bonchev–Trinajstić information content (AvgIpc) is 2.06. The van der Waals surface area contributed by atoms with Gasteiger partial charge in [0.05, 0.1) is 11.6 Å². The minimum atomic E-state index is 0.457. The molecule has 1 aromatic rings. The van der Waals surface area contributed by atoms with Crippen molar-refractivity contribution in [3.63, 3.8) is 0 Å². The second-order valence-electron chi connectivity index (χ2n) is 2.18. The van der Waals surface area contributed by atoms with Crippen molar-refractivity contribution >= 4 is 43.5 Å². The van der Waals surface area contributed by atoms with Gasteiger partial charge in [-0.2, -0.15) is 0 Å². The molecule has 0 aliphatic carbocycles. The van der Waals surface area contributed by atoms with Gasteiger partial charge in [0.15, 0.2) is 0 Å². The van der Waals surface area contributed by atoms with Crippen LogP contribution in [0.2, 0.25) is 0 Å². The second-order valence-corrected chi connectivity index (χ2v) is 4.09. The molecule has 0 amide bonds. The molecule has 0 bridgehead atoms. The molecule has 1 nitrogen and oxygen atoms in total. The zero-order chi connectivity index (χ0) is 9.14. The topological polar surface area (TPSA) is 9.23 Å². The molecule has 1 aromatic carbocycles. The molecule has 0 heterocycles. The van der Waals surface area contributed by atoms with Crippen molar-refractivity contribution in [1.82, 2.24) is 0 Å². The first-order chi connectivity index (χ1) is 5.70. The third-order valence-electron chi connectivity index (χ3n) is 1.50. The van der Waals surface area contributed by atoms with E-state index in [9.17, 15) is 0 Å². The van der Waals surface area contributed by atoms with E-state index >= 15 is 0 Å². The Morgan fingerprint density at radius 2 is 2.08 bits per heavy atom. The maximum Gasteiger partial charge on any atom is 0.133 e. The fourth-order valence-electron chi connectivity index (χ4n) is 0.856. The molecular formula is C8H7Br2ClO. The van der Waals surface area contributed by atoms with E-state index in [1.54, 1.807) is 7.11 Å². The normalized spacial score (nSPS) is 10.0. The van der Waals surface area contributed by atoms with Gasteiger partial charge >= 0.3 is 0 Å². The summed E-state index contributed by atoms with van der Waals surface area (Å²) in [5.41, 5.74) is 1.01. The molecule has 0 unspecified atom stereocenters. The van der Waals surface area contributed by atoms with Crippen LogP contribution in [-0.2, 0) is 5.88 Å². The lowest BCUT2D eigenvalue weighted by molar-refractivity contribution is 0.411. The molecule has 12 heavy (non-hydrogen) atoms. The second kappa shape index (κ2) is 4.49. The third kappa shape index (κ3) is 1.95. The van der Waals surface area contributed by atoms with Crippen molar-refractivity contribution in [3.8, 4) is 5.75 Å². The van der Waals surface area contributed by atoms with E-state index < -0.39 is 0 Å². The molecule has 0 aliphatic heterocycles. The number of hydrogen-bond donors (Lipinski definition) is 0. The van der Waals surface area contributed by atoms with Crippen LogP contribution in [0.1, 0.15) is 5.56 Å². The number of halogens is 3. The number of ether oxygens (including phenoxy) is 1. The van der Waals surface area contributed by atoms with Crippen LogP contribution in [0.25, 0.3) is 0 Å². The summed E-state index contributed by atoms with van der Waals surface area (Å²) in [5.74, 6) is 1.26. The Hall–Kier alpha value is 0.270. The lowest BCUT2D eigenvalue weighted by atomic mass is 10.2. The van der Waals surface area contributed by atoms with Crippen LogP contribution in [0.5, 0.6) is 5.75 Å². The van der Waals surface area contributed by atoms with Crippen molar-refractivity contribution < 1.29 is 4.74 Å². The summed E-state index contributed by atoms with van der Waals surface area (Å²) < 4.78 is 7.02. The van der Waals surface area contributed by atoms with Crippen LogP contribution < -0.4 is 4.74 Å². The Bertz CT molecular complexity index is 289. The van der Waals surface area contributed by atoms with E-state index in [0.717, 1.165) is 20.3 Å². The first kappa shape index (κ1) is 10.4. The molecule has 0 atom stereocenters. The Morgan fingerprint density at radius 3 is 2.58 bits per heavy atom. The zero-order valence-corrected chi connectivity index (χ0v) is 10.3. The summed E-state index contributed by atoms with van der Waals surface area (Å²) in [5, 5.41) is 0. The number of benzene rings is 1. The monoisotopic (exact) mass is 312 g/mol. The Morgan fingerprint density at radius 1 is 1.42 bits per heavy atom. The largest absolute Gasteiger partial charge is 0.496 e. The molecule has 0 saturated heterocycles. The molecule has 0 aliphatic rings. The van der Waals surface area contributed by atoms with Crippen LogP contribution in [0, 0.1) is 0 Å². The molecule has 66 valence electrons. The fourth-order valence-corrected chi connectivity index (χ4v) is 2.84. The first-order valence-corrected chi connectivity index (χ1v) is 5.39. The van der Waals surface area contributed by atoms with E-state index in [1.807, 2.05) is 12.1 Å². The Labute approximate surface area is 93.3 Å². The van der Waals surface area contributed by atoms with Gasteiger partial charge in [0, 0.05) is 10.4 Å². The third-order valence-corrected chi connectivity index (χ3v) is 3.38. The number of methoxy groups -OCH3 is 1. The molecule has 0 aromatic heterocycles. The highest BCUT2D eigenvalue weighted by atomic mass is 79.9. The molecule has 4 heteroatoms. The molecular weight excluding hydrogens is 307 g/mol. The quantitative estimate of drug-likeness (QED) is 0.751. The van der Waals surface area contributed by atoms with E-state index in [4.69, 9.17) is 16.3 Å². The van der Waals surface area contributed by atoms with Gasteiger partial charge in [0.25, 0.3) is 0 Å². The van der Waals surface area contributed by atoms with Gasteiger partial charge in [-0.25, -0.2) is 0 Å². The highest BCUT2D eigenvalue weighted by Gasteiger charge is 2.08. The average molecular weight is 314 g/mol. The Kier molecular flexibility index (Phi) is 3.87. The van der Waals surface area contributed by atoms with E-state index in [1.165, 1.54) is 0 Å². The minimum absolute atomic E-state index is 0.457. The van der Waals surface area contributed by atoms with Crippen molar-refractivity contribution in [3.05, 3.63) is 26.6 Å². The van der Waals surface area contributed by atoms with Gasteiger partial charge < -0.3 is 4.74 Å². The predicted molar refractivity (Wildman–Crippen MR) is 58.0 cm³/mol. The van der Waals surface area contributed by atoms with Gasteiger partial charge in [-0.05, 0) is 33.6 Å². The predicted octanol–water partition coefficient (Wildman–Crippen LogP) is 3.96. The van der Waals surface area contributed by atoms with Crippen LogP contribution in [0.3, 0.4) is 0 Å². The van der Waals surface area contributed by atoms with Gasteiger partial charge in [0.2, 0.25) is 0 Å². The van der Waals surface area contributed by atoms with Crippen LogP contribution >= 0.6 is 43.5 Å². The summed E-state index contributed by atoms with van der Waals surface area (Å²) in [4.78, 5) is 0.